The van der Waals surface area contributed by atoms with Crippen LogP contribution in [0.1, 0.15) is 32.6 Å². The first-order chi connectivity index (χ1) is 13.1. The third-order valence-electron chi connectivity index (χ3n) is 5.49. The largest absolute Gasteiger partial charge is 0.488 e. The van der Waals surface area contributed by atoms with E-state index in [1.165, 1.54) is 12.8 Å². The third-order valence-corrected chi connectivity index (χ3v) is 5.49. The van der Waals surface area contributed by atoms with Crippen molar-refractivity contribution < 1.29 is 9.47 Å². The fourth-order valence-corrected chi connectivity index (χ4v) is 3.75. The molecule has 0 radical (unpaired) electrons. The van der Waals surface area contributed by atoms with E-state index < -0.39 is 0 Å². The number of anilines is 2. The van der Waals surface area contributed by atoms with Crippen molar-refractivity contribution in [1.29, 1.82) is 0 Å². The van der Waals surface area contributed by atoms with Crippen molar-refractivity contribution in [3.8, 4) is 22.8 Å². The molecule has 0 spiro atoms. The predicted molar refractivity (Wildman–Crippen MR) is 106 cm³/mol. The Kier molecular flexibility index (Phi) is 5.01. The van der Waals surface area contributed by atoms with Crippen LogP contribution in [0.15, 0.2) is 18.5 Å². The second-order valence-corrected chi connectivity index (χ2v) is 7.53. The van der Waals surface area contributed by atoms with Gasteiger partial charge in [0.2, 0.25) is 11.8 Å². The minimum atomic E-state index is 0.436. The van der Waals surface area contributed by atoms with Gasteiger partial charge in [0.05, 0.1) is 19.2 Å². The molecule has 144 valence electrons. The van der Waals surface area contributed by atoms with E-state index in [-0.39, 0.29) is 0 Å². The molecule has 0 unspecified atom stereocenters. The van der Waals surface area contributed by atoms with Crippen LogP contribution in [-0.2, 0) is 0 Å². The van der Waals surface area contributed by atoms with Crippen molar-refractivity contribution in [3.63, 3.8) is 0 Å². The molecule has 1 N–H and O–H groups in total. The van der Waals surface area contributed by atoms with Gasteiger partial charge >= 0.3 is 0 Å². The number of nitrogens with zero attached hydrogens (tertiary/aromatic N) is 4. The molecule has 3 heterocycles. The van der Waals surface area contributed by atoms with Crippen LogP contribution in [0.5, 0.6) is 11.6 Å². The maximum absolute atomic E-state index is 5.76. The lowest BCUT2D eigenvalue weighted by Crippen LogP contribution is -2.29. The number of aromatic nitrogens is 3. The molecular formula is C20H27N5O2. The Labute approximate surface area is 160 Å². The molecule has 0 aromatic carbocycles. The summed E-state index contributed by atoms with van der Waals surface area (Å²) >= 11 is 0. The van der Waals surface area contributed by atoms with Gasteiger partial charge in [-0.1, -0.05) is 6.92 Å². The fourth-order valence-electron chi connectivity index (χ4n) is 3.75. The van der Waals surface area contributed by atoms with Crippen LogP contribution in [0.3, 0.4) is 0 Å². The normalized spacial score (nSPS) is 22.0. The maximum atomic E-state index is 5.76. The quantitative estimate of drug-likeness (QED) is 0.886. The lowest BCUT2D eigenvalue weighted by Gasteiger charge is -2.27. The second kappa shape index (κ2) is 7.58. The molecule has 2 aromatic heterocycles. The first-order valence-corrected chi connectivity index (χ1v) is 9.66. The van der Waals surface area contributed by atoms with E-state index in [1.54, 1.807) is 13.3 Å². The van der Waals surface area contributed by atoms with Crippen molar-refractivity contribution in [2.24, 2.45) is 5.92 Å². The highest BCUT2D eigenvalue weighted by Crippen LogP contribution is 2.35. The summed E-state index contributed by atoms with van der Waals surface area (Å²) < 4.78 is 11.3. The average molecular weight is 369 g/mol. The summed E-state index contributed by atoms with van der Waals surface area (Å²) in [6.07, 6.45) is 8.45. The number of hydrogen-bond donors (Lipinski definition) is 1. The van der Waals surface area contributed by atoms with E-state index in [2.05, 4.69) is 32.1 Å². The van der Waals surface area contributed by atoms with Crippen molar-refractivity contribution >= 4 is 11.8 Å². The van der Waals surface area contributed by atoms with E-state index in [4.69, 9.17) is 9.47 Å². The zero-order valence-electron chi connectivity index (χ0n) is 16.2. The van der Waals surface area contributed by atoms with Crippen molar-refractivity contribution in [3.05, 3.63) is 18.5 Å². The van der Waals surface area contributed by atoms with Gasteiger partial charge in [0.1, 0.15) is 6.61 Å². The Hall–Kier alpha value is -2.57. The SMILES string of the molecule is COc1nc(N[C@H]2CC[C@H](C)CC2)ncc1-c1cnc2c(c1)OCCN2C. The molecule has 2 aromatic rings. The molecule has 1 fully saturated rings. The standard InChI is InChI=1S/C20H27N5O2/c1-13-4-6-15(7-5-13)23-20-22-12-16(19(24-20)26-3)14-10-17-18(21-11-14)25(2)8-9-27-17/h10-13,15H,4-9H2,1-3H3,(H,22,23,24)/t13-,15-. The van der Waals surface area contributed by atoms with Crippen LogP contribution < -0.4 is 19.7 Å². The Bertz CT molecular complexity index is 805. The topological polar surface area (TPSA) is 72.4 Å². The van der Waals surface area contributed by atoms with Crippen LogP contribution in [0.25, 0.3) is 11.1 Å². The molecule has 0 bridgehead atoms. The number of nitrogens with one attached hydrogen (secondary N) is 1. The van der Waals surface area contributed by atoms with Gasteiger partial charge in [0.15, 0.2) is 11.6 Å². The smallest absolute Gasteiger partial charge is 0.226 e. The summed E-state index contributed by atoms with van der Waals surface area (Å²) in [7, 11) is 3.65. The molecule has 7 nitrogen and oxygen atoms in total. The van der Waals surface area contributed by atoms with Crippen LogP contribution in [0, 0.1) is 5.92 Å². The van der Waals surface area contributed by atoms with Crippen molar-refractivity contribution in [2.75, 3.05) is 37.5 Å². The van der Waals surface area contributed by atoms with E-state index in [1.807, 2.05) is 19.3 Å². The van der Waals surface area contributed by atoms with Crippen LogP contribution in [0.2, 0.25) is 0 Å². The highest BCUT2D eigenvalue weighted by molar-refractivity contribution is 5.72. The third kappa shape index (κ3) is 3.77. The number of rotatable bonds is 4. The van der Waals surface area contributed by atoms with Gasteiger partial charge in [-0.2, -0.15) is 4.98 Å². The minimum absolute atomic E-state index is 0.436. The molecule has 0 amide bonds. The lowest BCUT2D eigenvalue weighted by atomic mass is 9.87. The van der Waals surface area contributed by atoms with Gasteiger partial charge in [-0.05, 0) is 37.7 Å². The first-order valence-electron chi connectivity index (χ1n) is 9.66. The number of pyridine rings is 1. The second-order valence-electron chi connectivity index (χ2n) is 7.53. The average Bonchev–Trinajstić information content (AvgIpc) is 2.69. The number of fused-ring (bicyclic) bond motifs is 1. The Morgan fingerprint density at radius 2 is 2.00 bits per heavy atom. The van der Waals surface area contributed by atoms with Gasteiger partial charge in [-0.3, -0.25) is 0 Å². The summed E-state index contributed by atoms with van der Waals surface area (Å²) in [5.74, 6) is 3.62. The highest BCUT2D eigenvalue weighted by Gasteiger charge is 2.21. The first kappa shape index (κ1) is 17.8. The van der Waals surface area contributed by atoms with Crippen molar-refractivity contribution in [1.82, 2.24) is 15.0 Å². The number of likely N-dealkylation sites (N-methyl/N-ethyl adjacent to an activating group) is 1. The van der Waals surface area contributed by atoms with Crippen LogP contribution in [-0.4, -0.2) is 48.3 Å². The van der Waals surface area contributed by atoms with E-state index in [0.717, 1.165) is 48.0 Å². The minimum Gasteiger partial charge on any atom is -0.488 e. The predicted octanol–water partition coefficient (Wildman–Crippen LogP) is 3.37. The van der Waals surface area contributed by atoms with Crippen LogP contribution >= 0.6 is 0 Å². The molecule has 1 aliphatic heterocycles. The summed E-state index contributed by atoms with van der Waals surface area (Å²) in [6, 6.07) is 2.42. The van der Waals surface area contributed by atoms with Gasteiger partial charge in [-0.25, -0.2) is 9.97 Å². The Morgan fingerprint density at radius 1 is 1.19 bits per heavy atom. The highest BCUT2D eigenvalue weighted by atomic mass is 16.5. The summed E-state index contributed by atoms with van der Waals surface area (Å²) in [5, 5.41) is 3.46. The number of ether oxygens (including phenoxy) is 2. The van der Waals surface area contributed by atoms with E-state index >= 15 is 0 Å². The zero-order chi connectivity index (χ0) is 18.8. The van der Waals surface area contributed by atoms with E-state index in [0.29, 0.717) is 24.5 Å². The number of methoxy groups -OCH3 is 1. The summed E-state index contributed by atoms with van der Waals surface area (Å²) in [4.78, 5) is 15.7. The maximum Gasteiger partial charge on any atom is 0.226 e. The molecule has 0 atom stereocenters. The van der Waals surface area contributed by atoms with Gasteiger partial charge in [-0.15, -0.1) is 0 Å². The molecule has 0 saturated heterocycles. The zero-order valence-corrected chi connectivity index (χ0v) is 16.2. The molecule has 1 saturated carbocycles. The number of hydrogen-bond acceptors (Lipinski definition) is 7. The van der Waals surface area contributed by atoms with Gasteiger partial charge in [0.25, 0.3) is 0 Å². The molecule has 7 heteroatoms. The molecule has 2 aliphatic rings. The van der Waals surface area contributed by atoms with Crippen LogP contribution in [0.4, 0.5) is 11.8 Å². The summed E-state index contributed by atoms with van der Waals surface area (Å²) in [6.45, 7) is 3.82. The fraction of sp³-hybridized carbons (Fsp3) is 0.550. The van der Waals surface area contributed by atoms with Gasteiger partial charge in [0, 0.05) is 31.0 Å². The molecular weight excluding hydrogens is 342 g/mol. The van der Waals surface area contributed by atoms with Gasteiger partial charge < -0.3 is 19.7 Å². The summed E-state index contributed by atoms with van der Waals surface area (Å²) in [5.41, 5.74) is 1.70. The molecule has 1 aliphatic carbocycles. The van der Waals surface area contributed by atoms with E-state index in [9.17, 15) is 0 Å². The molecule has 27 heavy (non-hydrogen) atoms. The Balaban J connectivity index is 1.56. The lowest BCUT2D eigenvalue weighted by molar-refractivity contribution is 0.309. The Morgan fingerprint density at radius 3 is 2.78 bits per heavy atom. The molecule has 4 rings (SSSR count). The van der Waals surface area contributed by atoms with Crippen molar-refractivity contribution in [2.45, 2.75) is 38.6 Å². The monoisotopic (exact) mass is 369 g/mol.